The number of guanidine groups is 1. The Morgan fingerprint density at radius 2 is 2.05 bits per heavy atom. The van der Waals surface area contributed by atoms with Gasteiger partial charge in [0.25, 0.3) is 0 Å². The van der Waals surface area contributed by atoms with Gasteiger partial charge >= 0.3 is 0 Å². The summed E-state index contributed by atoms with van der Waals surface area (Å²) in [5, 5.41) is 10.9. The third kappa shape index (κ3) is 4.90. The lowest BCUT2D eigenvalue weighted by Crippen LogP contribution is -2.36. The molecule has 0 atom stereocenters. The first-order valence-electron chi connectivity index (χ1n) is 7.28. The predicted octanol–water partition coefficient (Wildman–Crippen LogP) is 3.62. The molecule has 4 heteroatoms. The van der Waals surface area contributed by atoms with Crippen molar-refractivity contribution in [2.24, 2.45) is 4.99 Å². The molecule has 0 bridgehead atoms. The van der Waals surface area contributed by atoms with E-state index in [1.807, 2.05) is 0 Å². The highest BCUT2D eigenvalue weighted by atomic mass is 32.1. The minimum absolute atomic E-state index is 0.714. The summed E-state index contributed by atoms with van der Waals surface area (Å²) in [6, 6.07) is 8.66. The fraction of sp³-hybridized carbons (Fsp3) is 0.353. The van der Waals surface area contributed by atoms with Gasteiger partial charge < -0.3 is 10.6 Å². The maximum absolute atomic E-state index is 4.62. The van der Waals surface area contributed by atoms with E-state index >= 15 is 0 Å². The normalized spacial score (nSPS) is 11.5. The highest BCUT2D eigenvalue weighted by Gasteiger charge is 2.01. The maximum atomic E-state index is 4.62. The maximum Gasteiger partial charge on any atom is 0.191 e. The molecule has 112 valence electrons. The van der Waals surface area contributed by atoms with Crippen LogP contribution in [-0.4, -0.2) is 12.5 Å². The van der Waals surface area contributed by atoms with Crippen molar-refractivity contribution in [3.05, 3.63) is 57.3 Å². The van der Waals surface area contributed by atoms with Crippen LogP contribution in [0.4, 0.5) is 0 Å². The fourth-order valence-electron chi connectivity index (χ4n) is 2.12. The molecular weight excluding hydrogens is 278 g/mol. The summed E-state index contributed by atoms with van der Waals surface area (Å²) < 4.78 is 0. The van der Waals surface area contributed by atoms with Crippen LogP contribution in [0.3, 0.4) is 0 Å². The summed E-state index contributed by atoms with van der Waals surface area (Å²) in [5.41, 5.74) is 5.18. The predicted molar refractivity (Wildman–Crippen MR) is 91.9 cm³/mol. The van der Waals surface area contributed by atoms with Crippen LogP contribution in [0.2, 0.25) is 0 Å². The highest BCUT2D eigenvalue weighted by molar-refractivity contribution is 7.07. The summed E-state index contributed by atoms with van der Waals surface area (Å²) in [7, 11) is 0. The second kappa shape index (κ2) is 7.84. The Hall–Kier alpha value is -1.81. The smallest absolute Gasteiger partial charge is 0.191 e. The molecule has 2 rings (SSSR count). The molecule has 0 amide bonds. The average Bonchev–Trinajstić information content (AvgIpc) is 2.96. The molecule has 0 aliphatic carbocycles. The van der Waals surface area contributed by atoms with Gasteiger partial charge in [0.2, 0.25) is 0 Å². The zero-order chi connectivity index (χ0) is 15.1. The van der Waals surface area contributed by atoms with Crippen LogP contribution in [0.1, 0.15) is 29.2 Å². The molecule has 3 nitrogen and oxygen atoms in total. The Morgan fingerprint density at radius 3 is 2.71 bits per heavy atom. The van der Waals surface area contributed by atoms with Crippen LogP contribution in [0.25, 0.3) is 0 Å². The van der Waals surface area contributed by atoms with E-state index in [1.54, 1.807) is 11.3 Å². The summed E-state index contributed by atoms with van der Waals surface area (Å²) in [4.78, 5) is 4.62. The third-order valence-electron chi connectivity index (χ3n) is 3.29. The van der Waals surface area contributed by atoms with Crippen LogP contribution in [0.5, 0.6) is 0 Å². The minimum Gasteiger partial charge on any atom is -0.357 e. The minimum atomic E-state index is 0.714. The van der Waals surface area contributed by atoms with E-state index in [4.69, 9.17) is 0 Å². The number of nitrogens with one attached hydrogen (secondary N) is 2. The quantitative estimate of drug-likeness (QED) is 0.653. The van der Waals surface area contributed by atoms with Gasteiger partial charge in [0.1, 0.15) is 0 Å². The summed E-state index contributed by atoms with van der Waals surface area (Å²) in [5.74, 6) is 0.865. The second-order valence-electron chi connectivity index (χ2n) is 5.11. The van der Waals surface area contributed by atoms with Crippen molar-refractivity contribution in [3.8, 4) is 0 Å². The van der Waals surface area contributed by atoms with Gasteiger partial charge in [-0.15, -0.1) is 0 Å². The van der Waals surface area contributed by atoms with Crippen molar-refractivity contribution in [1.82, 2.24) is 10.6 Å². The summed E-state index contributed by atoms with van der Waals surface area (Å²) in [6.07, 6.45) is 0. The van der Waals surface area contributed by atoms with Crippen LogP contribution in [-0.2, 0) is 13.1 Å². The van der Waals surface area contributed by atoms with E-state index in [9.17, 15) is 0 Å². The van der Waals surface area contributed by atoms with Crippen molar-refractivity contribution >= 4 is 17.3 Å². The number of aliphatic imine (C=N–C) groups is 1. The van der Waals surface area contributed by atoms with E-state index in [-0.39, 0.29) is 0 Å². The van der Waals surface area contributed by atoms with Gasteiger partial charge in [-0.25, -0.2) is 4.99 Å². The van der Waals surface area contributed by atoms with Gasteiger partial charge in [0.15, 0.2) is 5.96 Å². The third-order valence-corrected chi connectivity index (χ3v) is 4.02. The average molecular weight is 301 g/mol. The molecule has 2 N–H and O–H groups in total. The first-order valence-corrected chi connectivity index (χ1v) is 8.22. The van der Waals surface area contributed by atoms with Crippen LogP contribution < -0.4 is 10.6 Å². The van der Waals surface area contributed by atoms with Gasteiger partial charge in [-0.2, -0.15) is 11.3 Å². The van der Waals surface area contributed by atoms with Gasteiger partial charge in [-0.05, 0) is 54.3 Å². The van der Waals surface area contributed by atoms with Crippen molar-refractivity contribution in [2.45, 2.75) is 33.9 Å². The number of hydrogen-bond donors (Lipinski definition) is 2. The van der Waals surface area contributed by atoms with Crippen molar-refractivity contribution < 1.29 is 0 Å². The molecule has 0 aliphatic rings. The van der Waals surface area contributed by atoms with Crippen molar-refractivity contribution in [1.29, 1.82) is 0 Å². The monoisotopic (exact) mass is 301 g/mol. The Morgan fingerprint density at radius 1 is 1.19 bits per heavy atom. The molecule has 1 aromatic carbocycles. The molecule has 1 heterocycles. The fourth-order valence-corrected chi connectivity index (χ4v) is 2.78. The highest BCUT2D eigenvalue weighted by Crippen LogP contribution is 2.10. The lowest BCUT2D eigenvalue weighted by Gasteiger charge is -2.13. The Labute approximate surface area is 131 Å². The molecule has 1 aromatic heterocycles. The molecule has 0 fully saturated rings. The molecule has 0 radical (unpaired) electrons. The number of rotatable bonds is 5. The molecule has 0 unspecified atom stereocenters. The molecule has 21 heavy (non-hydrogen) atoms. The van der Waals surface area contributed by atoms with Gasteiger partial charge in [0, 0.05) is 13.1 Å². The molecule has 2 aromatic rings. The standard InChI is InChI=1S/C17H23N3S/c1-4-18-17(19-10-15-7-8-21-12-15)20-11-16-6-5-13(2)9-14(16)3/h5-9,12H,4,10-11H2,1-3H3,(H2,18,19,20). The van der Waals surface area contributed by atoms with E-state index < -0.39 is 0 Å². The van der Waals surface area contributed by atoms with E-state index in [0.717, 1.165) is 19.0 Å². The topological polar surface area (TPSA) is 36.4 Å². The lowest BCUT2D eigenvalue weighted by molar-refractivity contribution is 0.813. The Kier molecular flexibility index (Phi) is 5.81. The number of thiophene rings is 1. The zero-order valence-corrected chi connectivity index (χ0v) is 13.8. The Bertz CT molecular complexity index is 588. The molecular formula is C17H23N3S. The first kappa shape index (κ1) is 15.6. The Balaban J connectivity index is 1.97. The van der Waals surface area contributed by atoms with Crippen molar-refractivity contribution in [2.75, 3.05) is 6.54 Å². The zero-order valence-electron chi connectivity index (χ0n) is 12.9. The number of hydrogen-bond acceptors (Lipinski definition) is 2. The summed E-state index contributed by atoms with van der Waals surface area (Å²) >= 11 is 1.71. The van der Waals surface area contributed by atoms with E-state index in [0.29, 0.717) is 6.54 Å². The first-order chi connectivity index (χ1) is 10.2. The van der Waals surface area contributed by atoms with Crippen LogP contribution >= 0.6 is 11.3 Å². The van der Waals surface area contributed by atoms with Crippen molar-refractivity contribution in [3.63, 3.8) is 0 Å². The van der Waals surface area contributed by atoms with Gasteiger partial charge in [0.05, 0.1) is 6.54 Å². The van der Waals surface area contributed by atoms with Crippen LogP contribution in [0, 0.1) is 13.8 Å². The van der Waals surface area contributed by atoms with E-state index in [2.05, 4.69) is 71.4 Å². The van der Waals surface area contributed by atoms with E-state index in [1.165, 1.54) is 22.3 Å². The number of benzene rings is 1. The molecule has 0 spiro atoms. The second-order valence-corrected chi connectivity index (χ2v) is 5.89. The summed E-state index contributed by atoms with van der Waals surface area (Å²) in [6.45, 7) is 8.73. The lowest BCUT2D eigenvalue weighted by atomic mass is 10.1. The molecule has 0 aliphatic heterocycles. The number of nitrogens with zero attached hydrogens (tertiary/aromatic N) is 1. The van der Waals surface area contributed by atoms with Gasteiger partial charge in [-0.3, -0.25) is 0 Å². The number of aryl methyl sites for hydroxylation is 2. The van der Waals surface area contributed by atoms with Gasteiger partial charge in [-0.1, -0.05) is 23.8 Å². The van der Waals surface area contributed by atoms with Crippen LogP contribution in [0.15, 0.2) is 40.0 Å². The SMILES string of the molecule is CCNC(=NCc1ccsc1)NCc1ccc(C)cc1C. The molecule has 0 saturated heterocycles. The molecule has 0 saturated carbocycles. The largest absolute Gasteiger partial charge is 0.357 e.